The first kappa shape index (κ1) is 27.1. The van der Waals surface area contributed by atoms with E-state index in [4.69, 9.17) is 33.7 Å². The molecule has 1 rings (SSSR count). The van der Waals surface area contributed by atoms with E-state index in [0.29, 0.717) is 11.6 Å². The van der Waals surface area contributed by atoms with Crippen molar-refractivity contribution in [1.29, 1.82) is 0 Å². The first-order chi connectivity index (χ1) is 14.6. The monoisotopic (exact) mass is 457 g/mol. The van der Waals surface area contributed by atoms with E-state index in [-0.39, 0.29) is 16.3 Å². The van der Waals surface area contributed by atoms with Gasteiger partial charge >= 0.3 is 5.97 Å². The van der Waals surface area contributed by atoms with Gasteiger partial charge in [0.1, 0.15) is 0 Å². The third-order valence-electron chi connectivity index (χ3n) is 5.58. The topological polar surface area (TPSA) is 52.3 Å². The molecule has 0 aromatic heterocycles. The van der Waals surface area contributed by atoms with Crippen LogP contribution in [0.1, 0.15) is 120 Å². The summed E-state index contributed by atoms with van der Waals surface area (Å²) < 4.78 is 5.30. The molecule has 2 N–H and O–H groups in total. The van der Waals surface area contributed by atoms with Crippen molar-refractivity contribution in [3.63, 3.8) is 0 Å². The highest BCUT2D eigenvalue weighted by molar-refractivity contribution is 6.40. The second-order valence-corrected chi connectivity index (χ2v) is 9.05. The molecule has 5 heteroatoms. The number of hydrogen-bond donors (Lipinski definition) is 1. The third-order valence-corrected chi connectivity index (χ3v) is 6.31. The van der Waals surface area contributed by atoms with Crippen LogP contribution < -0.4 is 5.73 Å². The summed E-state index contributed by atoms with van der Waals surface area (Å²) in [4.78, 5) is 12.1. The molecule has 3 nitrogen and oxygen atoms in total. The molecular weight excluding hydrogens is 417 g/mol. The van der Waals surface area contributed by atoms with Crippen molar-refractivity contribution in [3.05, 3.63) is 27.7 Å². The van der Waals surface area contributed by atoms with E-state index in [1.165, 1.54) is 89.9 Å². The lowest BCUT2D eigenvalue weighted by molar-refractivity contribution is 0.0498. The molecule has 0 fully saturated rings. The number of rotatable bonds is 18. The largest absolute Gasteiger partial charge is 0.462 e. The molecule has 0 aliphatic rings. The minimum absolute atomic E-state index is 0.166. The molecule has 172 valence electrons. The summed E-state index contributed by atoms with van der Waals surface area (Å²) in [6.45, 7) is 2.69. The summed E-state index contributed by atoms with van der Waals surface area (Å²) in [6.07, 6.45) is 21.1. The van der Waals surface area contributed by atoms with Crippen LogP contribution in [0.2, 0.25) is 10.0 Å². The van der Waals surface area contributed by atoms with Crippen molar-refractivity contribution in [2.24, 2.45) is 0 Å². The van der Waals surface area contributed by atoms with Gasteiger partial charge in [0.05, 0.1) is 27.9 Å². The van der Waals surface area contributed by atoms with Crippen molar-refractivity contribution in [2.75, 3.05) is 12.3 Å². The normalized spacial score (nSPS) is 11.0. The van der Waals surface area contributed by atoms with Crippen LogP contribution in [0.4, 0.5) is 5.69 Å². The minimum Gasteiger partial charge on any atom is -0.462 e. The molecule has 0 bridgehead atoms. The molecule has 0 saturated carbocycles. The lowest BCUT2D eigenvalue weighted by Gasteiger charge is -2.08. The molecule has 0 aliphatic heterocycles. The van der Waals surface area contributed by atoms with Crippen molar-refractivity contribution in [3.8, 4) is 0 Å². The van der Waals surface area contributed by atoms with Gasteiger partial charge in [-0.1, -0.05) is 126 Å². The number of benzene rings is 1. The van der Waals surface area contributed by atoms with E-state index in [0.717, 1.165) is 12.8 Å². The van der Waals surface area contributed by atoms with Crippen LogP contribution in [0.15, 0.2) is 12.1 Å². The van der Waals surface area contributed by atoms with Crippen LogP contribution in [0.25, 0.3) is 0 Å². The predicted octanol–water partition coefficient (Wildman–Crippen LogP) is 8.99. The predicted molar refractivity (Wildman–Crippen MR) is 131 cm³/mol. The average molecular weight is 459 g/mol. The first-order valence-corrected chi connectivity index (χ1v) is 12.7. The fourth-order valence-electron chi connectivity index (χ4n) is 3.62. The Balaban J connectivity index is 1.89. The van der Waals surface area contributed by atoms with Crippen LogP contribution >= 0.6 is 23.2 Å². The maximum Gasteiger partial charge on any atom is 0.339 e. The number of ether oxygens (including phenoxy) is 1. The van der Waals surface area contributed by atoms with Crippen molar-refractivity contribution in [2.45, 2.75) is 110 Å². The van der Waals surface area contributed by atoms with Crippen LogP contribution in [0.3, 0.4) is 0 Å². The summed E-state index contributed by atoms with van der Waals surface area (Å²) >= 11 is 11.9. The lowest BCUT2D eigenvalue weighted by Crippen LogP contribution is -2.08. The number of anilines is 1. The molecule has 0 saturated heterocycles. The van der Waals surface area contributed by atoms with Crippen LogP contribution in [-0.2, 0) is 4.74 Å². The molecule has 1 aromatic rings. The second kappa shape index (κ2) is 17.7. The van der Waals surface area contributed by atoms with Gasteiger partial charge in [0, 0.05) is 0 Å². The smallest absolute Gasteiger partial charge is 0.339 e. The van der Waals surface area contributed by atoms with E-state index in [2.05, 4.69) is 6.92 Å². The zero-order valence-corrected chi connectivity index (χ0v) is 20.3. The molecule has 0 radical (unpaired) electrons. The molecule has 0 heterocycles. The van der Waals surface area contributed by atoms with E-state index >= 15 is 0 Å². The van der Waals surface area contributed by atoms with Gasteiger partial charge in [-0.2, -0.15) is 0 Å². The van der Waals surface area contributed by atoms with Gasteiger partial charge in [-0.05, 0) is 18.6 Å². The SMILES string of the molecule is CCCCCCCCCCCCCCCCCCOC(=O)c1ccc(Cl)c(N)c1Cl. The lowest BCUT2D eigenvalue weighted by atomic mass is 10.0. The van der Waals surface area contributed by atoms with Gasteiger partial charge in [0.2, 0.25) is 0 Å². The number of esters is 1. The van der Waals surface area contributed by atoms with E-state index in [1.807, 2.05) is 0 Å². The Bertz CT molecular complexity index is 593. The summed E-state index contributed by atoms with van der Waals surface area (Å²) in [5.74, 6) is -0.440. The van der Waals surface area contributed by atoms with Gasteiger partial charge in [0.15, 0.2) is 0 Å². The zero-order chi connectivity index (χ0) is 22.0. The Morgan fingerprint density at radius 2 is 1.20 bits per heavy atom. The molecule has 1 aromatic carbocycles. The number of nitrogens with two attached hydrogens (primary N) is 1. The average Bonchev–Trinajstić information content (AvgIpc) is 2.74. The summed E-state index contributed by atoms with van der Waals surface area (Å²) in [5.41, 5.74) is 6.23. The molecular formula is C25H41Cl2NO2. The number of nitrogen functional groups attached to an aromatic ring is 1. The van der Waals surface area contributed by atoms with E-state index < -0.39 is 5.97 Å². The quantitative estimate of drug-likeness (QED) is 0.136. The number of carbonyl (C=O) groups is 1. The molecule has 0 unspecified atom stereocenters. The molecule has 0 amide bonds. The Morgan fingerprint density at radius 3 is 1.67 bits per heavy atom. The maximum absolute atomic E-state index is 12.1. The molecule has 0 atom stereocenters. The summed E-state index contributed by atoms with van der Waals surface area (Å²) in [7, 11) is 0. The summed E-state index contributed by atoms with van der Waals surface area (Å²) in [5, 5.41) is 0.508. The highest BCUT2D eigenvalue weighted by Crippen LogP contribution is 2.30. The van der Waals surface area contributed by atoms with Crippen LogP contribution in [0, 0.1) is 0 Å². The fourth-order valence-corrected chi connectivity index (χ4v) is 4.07. The van der Waals surface area contributed by atoms with E-state index in [9.17, 15) is 4.79 Å². The number of unbranched alkanes of at least 4 members (excludes halogenated alkanes) is 15. The van der Waals surface area contributed by atoms with Gasteiger partial charge in [-0.15, -0.1) is 0 Å². The van der Waals surface area contributed by atoms with E-state index in [1.54, 1.807) is 12.1 Å². The Labute approximate surface area is 194 Å². The van der Waals surface area contributed by atoms with Gasteiger partial charge in [-0.25, -0.2) is 4.79 Å². The number of halogens is 2. The highest BCUT2D eigenvalue weighted by Gasteiger charge is 2.15. The van der Waals surface area contributed by atoms with Crippen LogP contribution in [-0.4, -0.2) is 12.6 Å². The molecule has 30 heavy (non-hydrogen) atoms. The van der Waals surface area contributed by atoms with Crippen molar-refractivity contribution in [1.82, 2.24) is 0 Å². The Morgan fingerprint density at radius 1 is 0.767 bits per heavy atom. The number of hydrogen-bond acceptors (Lipinski definition) is 3. The minimum atomic E-state index is -0.440. The fraction of sp³-hybridized carbons (Fsp3) is 0.720. The zero-order valence-electron chi connectivity index (χ0n) is 18.8. The van der Waals surface area contributed by atoms with Gasteiger partial charge in [0.25, 0.3) is 0 Å². The van der Waals surface area contributed by atoms with Crippen molar-refractivity contribution < 1.29 is 9.53 Å². The Hall–Kier alpha value is -0.930. The van der Waals surface area contributed by atoms with Gasteiger partial charge in [-0.3, -0.25) is 0 Å². The summed E-state index contributed by atoms with van der Waals surface area (Å²) in [6, 6.07) is 3.12. The van der Waals surface area contributed by atoms with Crippen molar-refractivity contribution >= 4 is 34.9 Å². The highest BCUT2D eigenvalue weighted by atomic mass is 35.5. The Kier molecular flexibility index (Phi) is 16.0. The molecule has 0 aliphatic carbocycles. The maximum atomic E-state index is 12.1. The third kappa shape index (κ3) is 12.1. The van der Waals surface area contributed by atoms with Crippen LogP contribution in [0.5, 0.6) is 0 Å². The van der Waals surface area contributed by atoms with Gasteiger partial charge < -0.3 is 10.5 Å². The number of carbonyl (C=O) groups excluding carboxylic acids is 1. The first-order valence-electron chi connectivity index (χ1n) is 12.0. The standard InChI is InChI=1S/C25H41Cl2NO2/c1-2-3-4-5-6-7-8-9-10-11-12-13-14-15-16-17-20-30-25(29)21-18-19-22(26)24(28)23(21)27/h18-19H,2-17,20,28H2,1H3. The molecule has 0 spiro atoms. The second-order valence-electron chi connectivity index (χ2n) is 8.26.